The number of aromatic amines is 1. The van der Waals surface area contributed by atoms with Crippen molar-refractivity contribution in [2.45, 2.75) is 6.54 Å². The van der Waals surface area contributed by atoms with Crippen LogP contribution < -0.4 is 0 Å². The molecule has 0 spiro atoms. The summed E-state index contributed by atoms with van der Waals surface area (Å²) in [5.74, 6) is -1.36. The highest BCUT2D eigenvalue weighted by Gasteiger charge is 2.25. The van der Waals surface area contributed by atoms with Crippen LogP contribution in [0.3, 0.4) is 0 Å². The van der Waals surface area contributed by atoms with Crippen LogP contribution in [0.1, 0.15) is 16.2 Å². The Labute approximate surface area is 176 Å². The number of piperazine rings is 1. The molecule has 2 aromatic carbocycles. The number of hydrogen-bond donors (Lipinski definition) is 1. The summed E-state index contributed by atoms with van der Waals surface area (Å²) in [6.45, 7) is 2.88. The van der Waals surface area contributed by atoms with Crippen LogP contribution >= 0.6 is 0 Å². The first kappa shape index (κ1) is 19.3. The summed E-state index contributed by atoms with van der Waals surface area (Å²) >= 11 is 0. The molecule has 1 N–H and O–H groups in total. The van der Waals surface area contributed by atoms with Crippen molar-refractivity contribution in [1.29, 1.82) is 0 Å². The maximum absolute atomic E-state index is 13.6. The zero-order valence-electron chi connectivity index (χ0n) is 16.5. The van der Waals surface area contributed by atoms with Gasteiger partial charge in [0.15, 0.2) is 17.5 Å². The summed E-state index contributed by atoms with van der Waals surface area (Å²) in [5, 5.41) is 12.5. The van der Waals surface area contributed by atoms with Crippen LogP contribution in [0.2, 0.25) is 0 Å². The van der Waals surface area contributed by atoms with E-state index in [0.717, 1.165) is 23.0 Å². The third-order valence-corrected chi connectivity index (χ3v) is 5.53. The van der Waals surface area contributed by atoms with Crippen LogP contribution in [0.5, 0.6) is 0 Å². The number of H-pyrrole nitrogens is 1. The molecule has 0 atom stereocenters. The molecule has 0 saturated carbocycles. The summed E-state index contributed by atoms with van der Waals surface area (Å²) < 4.78 is 28.2. The fourth-order valence-corrected chi connectivity index (χ4v) is 3.85. The van der Waals surface area contributed by atoms with Crippen molar-refractivity contribution in [3.63, 3.8) is 0 Å². The molecular formula is C21H19F2N7O. The number of hydrogen-bond acceptors (Lipinski definition) is 5. The van der Waals surface area contributed by atoms with Gasteiger partial charge >= 0.3 is 0 Å². The van der Waals surface area contributed by atoms with E-state index in [4.69, 9.17) is 0 Å². The number of nitrogens with one attached hydrogen (secondary N) is 1. The van der Waals surface area contributed by atoms with Crippen molar-refractivity contribution in [3.05, 3.63) is 71.7 Å². The molecule has 8 nitrogen and oxygen atoms in total. The molecule has 1 aliphatic heterocycles. The molecule has 4 aromatic rings. The van der Waals surface area contributed by atoms with Crippen LogP contribution in [0.4, 0.5) is 8.78 Å². The summed E-state index contributed by atoms with van der Waals surface area (Å²) in [5.41, 5.74) is 1.96. The number of aromatic nitrogens is 5. The molecule has 1 saturated heterocycles. The van der Waals surface area contributed by atoms with Crippen molar-refractivity contribution in [2.75, 3.05) is 26.2 Å². The van der Waals surface area contributed by atoms with Gasteiger partial charge in [-0.1, -0.05) is 18.2 Å². The van der Waals surface area contributed by atoms with E-state index in [9.17, 15) is 13.6 Å². The van der Waals surface area contributed by atoms with Crippen LogP contribution in [-0.2, 0) is 6.54 Å². The third-order valence-electron chi connectivity index (χ3n) is 5.53. The number of carbonyl (C=O) groups excluding carboxylic acids is 1. The highest BCUT2D eigenvalue weighted by molar-refractivity contribution is 6.06. The molecule has 158 valence electrons. The van der Waals surface area contributed by atoms with Crippen molar-refractivity contribution >= 4 is 16.8 Å². The van der Waals surface area contributed by atoms with Gasteiger partial charge < -0.3 is 9.88 Å². The summed E-state index contributed by atoms with van der Waals surface area (Å²) in [4.78, 5) is 20.1. The molecular weight excluding hydrogens is 404 g/mol. The summed E-state index contributed by atoms with van der Waals surface area (Å²) in [6, 6.07) is 11.3. The Morgan fingerprint density at radius 3 is 2.65 bits per heavy atom. The minimum atomic E-state index is -0.955. The van der Waals surface area contributed by atoms with Crippen LogP contribution in [-0.4, -0.2) is 67.1 Å². The lowest BCUT2D eigenvalue weighted by Crippen LogP contribution is -2.48. The fourth-order valence-electron chi connectivity index (χ4n) is 3.85. The van der Waals surface area contributed by atoms with Gasteiger partial charge in [0.1, 0.15) is 0 Å². The second-order valence-corrected chi connectivity index (χ2v) is 7.42. The number of halogens is 2. The Hall–Kier alpha value is -3.66. The first-order valence-electron chi connectivity index (χ1n) is 9.90. The van der Waals surface area contributed by atoms with Gasteiger partial charge in [-0.2, -0.15) is 4.68 Å². The quantitative estimate of drug-likeness (QED) is 0.545. The van der Waals surface area contributed by atoms with Crippen molar-refractivity contribution < 1.29 is 13.6 Å². The minimum absolute atomic E-state index is 0.00345. The predicted octanol–water partition coefficient (Wildman–Crippen LogP) is 2.38. The average molecular weight is 423 g/mol. The summed E-state index contributed by atoms with van der Waals surface area (Å²) in [7, 11) is 0. The first-order chi connectivity index (χ1) is 15.1. The van der Waals surface area contributed by atoms with E-state index in [1.54, 1.807) is 6.20 Å². The largest absolute Gasteiger partial charge is 0.360 e. The SMILES string of the molecule is O=C(c1c[nH]c2ccccc12)N1CCN(Cc2nnnn2-c2ccc(F)c(F)c2)CC1. The molecule has 0 unspecified atom stereocenters. The molecule has 10 heteroatoms. The minimum Gasteiger partial charge on any atom is -0.360 e. The number of amides is 1. The van der Waals surface area contributed by atoms with Crippen molar-refractivity contribution in [2.24, 2.45) is 0 Å². The van der Waals surface area contributed by atoms with E-state index >= 15 is 0 Å². The van der Waals surface area contributed by atoms with Gasteiger partial charge in [0, 0.05) is 49.3 Å². The number of benzene rings is 2. The van der Waals surface area contributed by atoms with E-state index in [1.807, 2.05) is 29.2 Å². The monoisotopic (exact) mass is 423 g/mol. The van der Waals surface area contributed by atoms with E-state index in [-0.39, 0.29) is 5.91 Å². The third kappa shape index (κ3) is 3.66. The van der Waals surface area contributed by atoms with Crippen LogP contribution in [0, 0.1) is 11.6 Å². The second kappa shape index (κ2) is 7.88. The standard InChI is InChI=1S/C21H19F2N7O/c22-17-6-5-14(11-18(17)23)30-20(25-26-27-30)13-28-7-9-29(10-8-28)21(31)16-12-24-19-4-2-1-3-15(16)19/h1-6,11-12,24H,7-10,13H2. The van der Waals surface area contributed by atoms with Gasteiger partial charge in [0.2, 0.25) is 0 Å². The van der Waals surface area contributed by atoms with Crippen LogP contribution in [0.15, 0.2) is 48.7 Å². The molecule has 31 heavy (non-hydrogen) atoms. The molecule has 0 bridgehead atoms. The maximum Gasteiger partial charge on any atom is 0.256 e. The van der Waals surface area contributed by atoms with E-state index < -0.39 is 11.6 Å². The molecule has 1 aliphatic rings. The van der Waals surface area contributed by atoms with Crippen molar-refractivity contribution in [3.8, 4) is 5.69 Å². The average Bonchev–Trinajstić information content (AvgIpc) is 3.43. The van der Waals surface area contributed by atoms with Gasteiger partial charge in [-0.05, 0) is 28.6 Å². The zero-order chi connectivity index (χ0) is 21.4. The molecule has 1 amide bonds. The molecule has 3 heterocycles. The molecule has 0 aliphatic carbocycles. The lowest BCUT2D eigenvalue weighted by molar-refractivity contribution is 0.0626. The summed E-state index contributed by atoms with van der Waals surface area (Å²) in [6.07, 6.45) is 1.76. The van der Waals surface area contributed by atoms with E-state index in [1.165, 1.54) is 10.7 Å². The lowest BCUT2D eigenvalue weighted by atomic mass is 10.1. The molecule has 0 radical (unpaired) electrons. The molecule has 5 rings (SSSR count). The van der Waals surface area contributed by atoms with Gasteiger partial charge in [-0.15, -0.1) is 5.10 Å². The second-order valence-electron chi connectivity index (χ2n) is 7.42. The smallest absolute Gasteiger partial charge is 0.256 e. The first-order valence-corrected chi connectivity index (χ1v) is 9.90. The maximum atomic E-state index is 13.6. The van der Waals surface area contributed by atoms with Gasteiger partial charge in [0.05, 0.1) is 17.8 Å². The van der Waals surface area contributed by atoms with Crippen molar-refractivity contribution in [1.82, 2.24) is 35.0 Å². The zero-order valence-corrected chi connectivity index (χ0v) is 16.5. The normalized spacial score (nSPS) is 15.0. The molecule has 1 fully saturated rings. The predicted molar refractivity (Wildman–Crippen MR) is 109 cm³/mol. The van der Waals surface area contributed by atoms with E-state index in [0.29, 0.717) is 49.8 Å². The van der Waals surface area contributed by atoms with Gasteiger partial charge in [0.25, 0.3) is 5.91 Å². The Kier molecular flexibility index (Phi) is 4.91. The number of rotatable bonds is 4. The Morgan fingerprint density at radius 2 is 1.84 bits per heavy atom. The highest BCUT2D eigenvalue weighted by Crippen LogP contribution is 2.20. The number of nitrogens with zero attached hydrogens (tertiary/aromatic N) is 6. The number of carbonyl (C=O) groups is 1. The highest BCUT2D eigenvalue weighted by atomic mass is 19.2. The fraction of sp³-hybridized carbons (Fsp3) is 0.238. The van der Waals surface area contributed by atoms with Gasteiger partial charge in [-0.25, -0.2) is 8.78 Å². The van der Waals surface area contributed by atoms with E-state index in [2.05, 4.69) is 25.4 Å². The lowest BCUT2D eigenvalue weighted by Gasteiger charge is -2.34. The number of fused-ring (bicyclic) bond motifs is 1. The topological polar surface area (TPSA) is 82.9 Å². The number of tetrazole rings is 1. The van der Waals surface area contributed by atoms with Gasteiger partial charge in [-0.3, -0.25) is 9.69 Å². The van der Waals surface area contributed by atoms with Crippen LogP contribution in [0.25, 0.3) is 16.6 Å². The Balaban J connectivity index is 1.25. The Bertz CT molecular complexity index is 1240. The number of para-hydroxylation sites is 1. The Morgan fingerprint density at radius 1 is 1.03 bits per heavy atom. The molecule has 2 aromatic heterocycles.